The lowest BCUT2D eigenvalue weighted by atomic mass is 9.98. The van der Waals surface area contributed by atoms with Gasteiger partial charge in [-0.15, -0.1) is 0 Å². The topological polar surface area (TPSA) is 86.9 Å². The Kier molecular flexibility index (Phi) is 3.33. The third-order valence-corrected chi connectivity index (χ3v) is 4.97. The van der Waals surface area contributed by atoms with Crippen LogP contribution in [0.25, 0.3) is 0 Å². The fourth-order valence-corrected chi connectivity index (χ4v) is 3.18. The number of sulfonamides is 1. The molecule has 6 nitrogen and oxygen atoms in total. The van der Waals surface area contributed by atoms with Crippen LogP contribution in [0.15, 0.2) is 35.5 Å². The monoisotopic (exact) mass is 292 g/mol. The number of nitrogens with zero attached hydrogens (tertiary/aromatic N) is 1. The molecule has 3 rings (SSSR count). The van der Waals surface area contributed by atoms with E-state index in [4.69, 9.17) is 0 Å². The Balaban J connectivity index is 1.94. The summed E-state index contributed by atoms with van der Waals surface area (Å²) in [6.07, 6.45) is 2.63. The molecular formula is C13H16N4O2S. The Hall–Kier alpha value is -1.70. The fraction of sp³-hybridized carbons (Fsp3) is 0.308. The Labute approximate surface area is 117 Å². The van der Waals surface area contributed by atoms with Gasteiger partial charge in [0.25, 0.3) is 0 Å². The minimum atomic E-state index is -3.39. The average Bonchev–Trinajstić information content (AvgIpc) is 2.95. The molecule has 0 amide bonds. The molecule has 106 valence electrons. The molecule has 2 aromatic rings. The van der Waals surface area contributed by atoms with Gasteiger partial charge in [0.05, 0.1) is 23.0 Å². The number of aromatic amines is 1. The molecule has 2 heterocycles. The first-order chi connectivity index (χ1) is 9.62. The van der Waals surface area contributed by atoms with Crippen LogP contribution in [0.4, 0.5) is 0 Å². The van der Waals surface area contributed by atoms with Crippen molar-refractivity contribution in [2.45, 2.75) is 17.4 Å². The van der Waals surface area contributed by atoms with Gasteiger partial charge in [0.1, 0.15) is 0 Å². The van der Waals surface area contributed by atoms with E-state index >= 15 is 0 Å². The zero-order chi connectivity index (χ0) is 14.2. The lowest BCUT2D eigenvalue weighted by molar-refractivity contribution is 0.553. The zero-order valence-electron chi connectivity index (χ0n) is 11.1. The molecular weight excluding hydrogens is 276 g/mol. The van der Waals surface area contributed by atoms with Gasteiger partial charge in [0, 0.05) is 18.7 Å². The minimum absolute atomic E-state index is 0.0105. The number of aromatic nitrogens is 2. The fourth-order valence-electron chi connectivity index (χ4n) is 2.45. The summed E-state index contributed by atoms with van der Waals surface area (Å²) in [4.78, 5) is 7.76. The second-order valence-corrected chi connectivity index (χ2v) is 6.57. The molecule has 20 heavy (non-hydrogen) atoms. The number of benzene rings is 1. The number of H-pyrrole nitrogens is 1. The summed E-state index contributed by atoms with van der Waals surface area (Å²) in [5.74, 6) is 0. The van der Waals surface area contributed by atoms with Crippen molar-refractivity contribution in [3.05, 3.63) is 47.5 Å². The average molecular weight is 292 g/mol. The van der Waals surface area contributed by atoms with Crippen LogP contribution in [0.2, 0.25) is 0 Å². The lowest BCUT2D eigenvalue weighted by Gasteiger charge is -2.23. The maximum Gasteiger partial charge on any atom is 0.240 e. The third-order valence-electron chi connectivity index (χ3n) is 3.54. The van der Waals surface area contributed by atoms with Crippen LogP contribution in [-0.4, -0.2) is 32.0 Å². The van der Waals surface area contributed by atoms with E-state index in [1.54, 1.807) is 18.5 Å². The van der Waals surface area contributed by atoms with Gasteiger partial charge in [-0.3, -0.25) is 0 Å². The Morgan fingerprint density at radius 1 is 1.30 bits per heavy atom. The van der Waals surface area contributed by atoms with Crippen LogP contribution >= 0.6 is 0 Å². The van der Waals surface area contributed by atoms with Crippen LogP contribution < -0.4 is 10.0 Å². The van der Waals surface area contributed by atoms with E-state index in [9.17, 15) is 8.42 Å². The van der Waals surface area contributed by atoms with Crippen molar-refractivity contribution in [3.8, 4) is 0 Å². The molecule has 1 unspecified atom stereocenters. The summed E-state index contributed by atoms with van der Waals surface area (Å²) in [6.45, 7) is 0.871. The standard InChI is InChI=1S/C13H16N4O2S/c1-14-20(18,19)10-4-2-9(3-5-10)12-13-11(6-7-15-12)16-8-17-13/h2-5,8,12,14-15H,6-7H2,1H3,(H,16,17). The number of imidazole rings is 1. The van der Waals surface area contributed by atoms with Gasteiger partial charge in [-0.05, 0) is 24.7 Å². The highest BCUT2D eigenvalue weighted by molar-refractivity contribution is 7.89. The summed E-state index contributed by atoms with van der Waals surface area (Å²) in [7, 11) is -1.98. The van der Waals surface area contributed by atoms with Crippen molar-refractivity contribution in [1.29, 1.82) is 0 Å². The molecule has 1 aliphatic heterocycles. The Bertz CT molecular complexity index is 706. The van der Waals surface area contributed by atoms with E-state index in [1.807, 2.05) is 12.1 Å². The molecule has 1 aromatic heterocycles. The molecule has 3 N–H and O–H groups in total. The Morgan fingerprint density at radius 3 is 2.75 bits per heavy atom. The zero-order valence-corrected chi connectivity index (χ0v) is 11.9. The first-order valence-electron chi connectivity index (χ1n) is 6.41. The second kappa shape index (κ2) is 5.01. The van der Waals surface area contributed by atoms with Gasteiger partial charge in [0.2, 0.25) is 10.0 Å². The molecule has 0 radical (unpaired) electrons. The van der Waals surface area contributed by atoms with Gasteiger partial charge in [0.15, 0.2) is 0 Å². The smallest absolute Gasteiger partial charge is 0.240 e. The van der Waals surface area contributed by atoms with Crippen LogP contribution in [0.3, 0.4) is 0 Å². The van der Waals surface area contributed by atoms with Gasteiger partial charge in [-0.1, -0.05) is 12.1 Å². The molecule has 0 saturated carbocycles. The molecule has 7 heteroatoms. The maximum atomic E-state index is 11.7. The lowest BCUT2D eigenvalue weighted by Crippen LogP contribution is -2.30. The molecule has 0 fully saturated rings. The van der Waals surface area contributed by atoms with Crippen LogP contribution in [0.1, 0.15) is 23.0 Å². The molecule has 1 aliphatic rings. The summed E-state index contributed by atoms with van der Waals surface area (Å²) >= 11 is 0. The van der Waals surface area contributed by atoms with Crippen molar-refractivity contribution in [1.82, 2.24) is 20.0 Å². The van der Waals surface area contributed by atoms with Crippen molar-refractivity contribution >= 4 is 10.0 Å². The summed E-state index contributed by atoms with van der Waals surface area (Å²) in [6, 6.07) is 6.89. The third kappa shape index (κ3) is 2.24. The van der Waals surface area contributed by atoms with Crippen molar-refractivity contribution in [3.63, 3.8) is 0 Å². The summed E-state index contributed by atoms with van der Waals surface area (Å²) in [5, 5.41) is 3.40. The molecule has 1 aromatic carbocycles. The minimum Gasteiger partial charge on any atom is -0.348 e. The quantitative estimate of drug-likeness (QED) is 0.771. The van der Waals surface area contributed by atoms with Gasteiger partial charge in [-0.25, -0.2) is 18.1 Å². The van der Waals surface area contributed by atoms with Gasteiger partial charge in [-0.2, -0.15) is 0 Å². The molecule has 0 saturated heterocycles. The number of nitrogens with one attached hydrogen (secondary N) is 3. The largest absolute Gasteiger partial charge is 0.348 e. The highest BCUT2D eigenvalue weighted by atomic mass is 32.2. The number of fused-ring (bicyclic) bond motifs is 1. The van der Waals surface area contributed by atoms with Crippen molar-refractivity contribution < 1.29 is 8.42 Å². The van der Waals surface area contributed by atoms with E-state index in [0.717, 1.165) is 29.9 Å². The van der Waals surface area contributed by atoms with Crippen molar-refractivity contribution in [2.75, 3.05) is 13.6 Å². The van der Waals surface area contributed by atoms with Crippen LogP contribution in [0.5, 0.6) is 0 Å². The van der Waals surface area contributed by atoms with Crippen LogP contribution in [-0.2, 0) is 16.4 Å². The summed E-state index contributed by atoms with van der Waals surface area (Å²) < 4.78 is 25.7. The first kappa shape index (κ1) is 13.3. The molecule has 0 spiro atoms. The van der Waals surface area contributed by atoms with Crippen molar-refractivity contribution in [2.24, 2.45) is 0 Å². The number of hydrogen-bond acceptors (Lipinski definition) is 4. The van der Waals surface area contributed by atoms with Crippen LogP contribution in [0, 0.1) is 0 Å². The normalized spacial score (nSPS) is 18.8. The predicted octanol–water partition coefficient (Wildman–Crippen LogP) is 0.553. The highest BCUT2D eigenvalue weighted by Gasteiger charge is 2.24. The highest BCUT2D eigenvalue weighted by Crippen LogP contribution is 2.26. The van der Waals surface area contributed by atoms with Gasteiger partial charge >= 0.3 is 0 Å². The molecule has 0 bridgehead atoms. The van der Waals surface area contributed by atoms with E-state index in [0.29, 0.717) is 0 Å². The number of rotatable bonds is 3. The summed E-state index contributed by atoms with van der Waals surface area (Å²) in [5.41, 5.74) is 3.13. The first-order valence-corrected chi connectivity index (χ1v) is 7.89. The van der Waals surface area contributed by atoms with E-state index in [-0.39, 0.29) is 10.9 Å². The number of hydrogen-bond donors (Lipinski definition) is 3. The molecule has 1 atom stereocenters. The maximum absolute atomic E-state index is 11.7. The predicted molar refractivity (Wildman–Crippen MR) is 74.8 cm³/mol. The molecule has 0 aliphatic carbocycles. The van der Waals surface area contributed by atoms with E-state index in [1.165, 1.54) is 7.05 Å². The second-order valence-electron chi connectivity index (χ2n) is 4.68. The Morgan fingerprint density at radius 2 is 2.05 bits per heavy atom. The van der Waals surface area contributed by atoms with E-state index in [2.05, 4.69) is 20.0 Å². The van der Waals surface area contributed by atoms with E-state index < -0.39 is 10.0 Å². The SMILES string of the molecule is CNS(=O)(=O)c1ccc(C2NCCc3[nH]cnc32)cc1. The van der Waals surface area contributed by atoms with Gasteiger partial charge < -0.3 is 10.3 Å².